The zero-order chi connectivity index (χ0) is 14.4. The van der Waals surface area contributed by atoms with Gasteiger partial charge in [-0.15, -0.1) is 0 Å². The van der Waals surface area contributed by atoms with Gasteiger partial charge in [-0.05, 0) is 43.6 Å². The number of aryl methyl sites for hydroxylation is 2. The van der Waals surface area contributed by atoms with E-state index in [1.807, 2.05) is 19.1 Å². The first-order valence-corrected chi connectivity index (χ1v) is 6.92. The maximum atomic E-state index is 12.3. The number of hydrogen-bond donors (Lipinski definition) is 0. The summed E-state index contributed by atoms with van der Waals surface area (Å²) < 4.78 is 7.97. The fourth-order valence-corrected chi connectivity index (χ4v) is 2.93. The van der Waals surface area contributed by atoms with Crippen molar-refractivity contribution in [2.24, 2.45) is 7.05 Å². The van der Waals surface area contributed by atoms with E-state index in [1.165, 1.54) is 26.7 Å². The number of fused-ring (bicyclic) bond motifs is 1. The van der Waals surface area contributed by atoms with Gasteiger partial charge in [-0.25, -0.2) is 9.36 Å². The summed E-state index contributed by atoms with van der Waals surface area (Å²) in [6.45, 7) is 3.65. The molecule has 6 heteroatoms. The molecule has 2 aromatic heterocycles. The van der Waals surface area contributed by atoms with E-state index in [-0.39, 0.29) is 11.2 Å². The molecule has 0 aliphatic rings. The van der Waals surface area contributed by atoms with Crippen molar-refractivity contribution in [3.63, 3.8) is 0 Å². The van der Waals surface area contributed by atoms with Gasteiger partial charge >= 0.3 is 5.69 Å². The van der Waals surface area contributed by atoms with Crippen molar-refractivity contribution in [3.8, 4) is 5.69 Å². The van der Waals surface area contributed by atoms with Crippen LogP contribution in [0.5, 0.6) is 0 Å². The van der Waals surface area contributed by atoms with Crippen LogP contribution in [0.1, 0.15) is 11.4 Å². The van der Waals surface area contributed by atoms with E-state index in [1.54, 1.807) is 20.0 Å². The molecule has 1 aromatic carbocycles. The number of nitrogens with zero attached hydrogens (tertiary/aromatic N) is 3. The minimum Gasteiger partial charge on any atom is -0.301 e. The number of hydrogen-bond acceptors (Lipinski definition) is 4. The van der Waals surface area contributed by atoms with Crippen LogP contribution in [-0.4, -0.2) is 13.5 Å². The van der Waals surface area contributed by atoms with Crippen molar-refractivity contribution in [2.75, 3.05) is 0 Å². The summed E-state index contributed by atoms with van der Waals surface area (Å²) in [5, 5.41) is 0.974. The van der Waals surface area contributed by atoms with E-state index in [4.69, 9.17) is 0 Å². The topological polar surface area (TPSA) is 56.9 Å². The van der Waals surface area contributed by atoms with Gasteiger partial charge in [0.1, 0.15) is 0 Å². The van der Waals surface area contributed by atoms with Crippen LogP contribution in [-0.2, 0) is 7.05 Å². The first kappa shape index (κ1) is 12.8. The van der Waals surface area contributed by atoms with Gasteiger partial charge in [-0.2, -0.15) is 4.37 Å². The molecular weight excluding hydrogens is 274 g/mol. The summed E-state index contributed by atoms with van der Waals surface area (Å²) in [4.78, 5) is 24.4. The molecule has 3 rings (SSSR count). The highest BCUT2D eigenvalue weighted by Crippen LogP contribution is 2.23. The van der Waals surface area contributed by atoms with Gasteiger partial charge in [0, 0.05) is 24.2 Å². The van der Waals surface area contributed by atoms with Crippen molar-refractivity contribution >= 4 is 21.6 Å². The van der Waals surface area contributed by atoms with Crippen LogP contribution in [0.15, 0.2) is 33.9 Å². The Kier molecular flexibility index (Phi) is 2.83. The second-order valence-corrected chi connectivity index (χ2v) is 5.55. The summed E-state index contributed by atoms with van der Waals surface area (Å²) in [5.74, 6) is 0. The molecule has 5 nitrogen and oxygen atoms in total. The lowest BCUT2D eigenvalue weighted by molar-refractivity contribution is 0.714. The first-order chi connectivity index (χ1) is 9.49. The Balaban J connectivity index is 2.36. The molecule has 2 heterocycles. The van der Waals surface area contributed by atoms with Crippen molar-refractivity contribution in [1.29, 1.82) is 0 Å². The van der Waals surface area contributed by atoms with E-state index in [0.29, 0.717) is 11.4 Å². The maximum Gasteiger partial charge on any atom is 0.335 e. The van der Waals surface area contributed by atoms with Crippen LogP contribution >= 0.6 is 11.5 Å². The van der Waals surface area contributed by atoms with Crippen LogP contribution in [0, 0.1) is 13.8 Å². The first-order valence-electron chi connectivity index (χ1n) is 6.15. The molecule has 0 radical (unpaired) electrons. The average molecular weight is 287 g/mol. The zero-order valence-electron chi connectivity index (χ0n) is 11.4. The lowest BCUT2D eigenvalue weighted by atomic mass is 10.2. The van der Waals surface area contributed by atoms with Crippen molar-refractivity contribution in [3.05, 3.63) is 56.5 Å². The van der Waals surface area contributed by atoms with Gasteiger partial charge in [0.15, 0.2) is 0 Å². The van der Waals surface area contributed by atoms with Crippen LogP contribution in [0.25, 0.3) is 15.8 Å². The van der Waals surface area contributed by atoms with Gasteiger partial charge in [0.05, 0.1) is 16.1 Å². The lowest BCUT2D eigenvalue weighted by Gasteiger charge is -2.09. The number of aromatic nitrogens is 3. The quantitative estimate of drug-likeness (QED) is 0.685. The van der Waals surface area contributed by atoms with E-state index in [0.717, 1.165) is 15.8 Å². The van der Waals surface area contributed by atoms with Crippen LogP contribution in [0.3, 0.4) is 0 Å². The molecule has 0 N–H and O–H groups in total. The molecule has 102 valence electrons. The molecule has 0 bridgehead atoms. The maximum absolute atomic E-state index is 12.3. The predicted octanol–water partition coefficient (Wildman–Crippen LogP) is 1.76. The Morgan fingerprint density at radius 1 is 1.15 bits per heavy atom. The third-order valence-electron chi connectivity index (χ3n) is 3.45. The minimum absolute atomic E-state index is 0.314. The van der Waals surface area contributed by atoms with Crippen LogP contribution in [0.2, 0.25) is 0 Å². The predicted molar refractivity (Wildman–Crippen MR) is 79.9 cm³/mol. The molecule has 0 fully saturated rings. The van der Waals surface area contributed by atoms with Gasteiger partial charge < -0.3 is 4.57 Å². The van der Waals surface area contributed by atoms with E-state index < -0.39 is 0 Å². The number of rotatable bonds is 1. The van der Waals surface area contributed by atoms with Crippen molar-refractivity contribution in [2.45, 2.75) is 13.8 Å². The third-order valence-corrected chi connectivity index (χ3v) is 4.37. The molecule has 0 saturated heterocycles. The largest absolute Gasteiger partial charge is 0.335 e. The van der Waals surface area contributed by atoms with Gasteiger partial charge in [-0.1, -0.05) is 0 Å². The van der Waals surface area contributed by atoms with Gasteiger partial charge in [0.2, 0.25) is 0 Å². The molecule has 20 heavy (non-hydrogen) atoms. The Hall–Kier alpha value is -2.21. The molecule has 0 atom stereocenters. The molecular formula is C14H13N3O2S. The Morgan fingerprint density at radius 2 is 1.90 bits per heavy atom. The molecule has 3 aromatic rings. The molecule has 0 spiro atoms. The summed E-state index contributed by atoms with van der Waals surface area (Å²) in [6, 6.07) is 6.97. The van der Waals surface area contributed by atoms with E-state index >= 15 is 0 Å². The molecule has 0 amide bonds. The summed E-state index contributed by atoms with van der Waals surface area (Å²) >= 11 is 1.41. The highest BCUT2D eigenvalue weighted by molar-refractivity contribution is 7.13. The summed E-state index contributed by atoms with van der Waals surface area (Å²) in [7, 11) is 1.66. The second kappa shape index (κ2) is 4.42. The van der Waals surface area contributed by atoms with Crippen molar-refractivity contribution in [1.82, 2.24) is 13.5 Å². The van der Waals surface area contributed by atoms with Crippen molar-refractivity contribution < 1.29 is 0 Å². The molecule has 0 aliphatic heterocycles. The lowest BCUT2D eigenvalue weighted by Crippen LogP contribution is -2.38. The van der Waals surface area contributed by atoms with E-state index in [2.05, 4.69) is 4.37 Å². The van der Waals surface area contributed by atoms with Gasteiger partial charge in [0.25, 0.3) is 5.56 Å². The normalized spacial score (nSPS) is 11.2. The van der Waals surface area contributed by atoms with Crippen LogP contribution in [0.4, 0.5) is 0 Å². The molecule has 0 saturated carbocycles. The fourth-order valence-electron chi connectivity index (χ4n) is 2.16. The number of benzene rings is 1. The zero-order valence-corrected chi connectivity index (χ0v) is 12.2. The molecule has 0 aliphatic carbocycles. The SMILES string of the molecule is Cc1nsc2ccc(-n3c(=O)cc(C)n(C)c3=O)cc12. The monoisotopic (exact) mass is 287 g/mol. The van der Waals surface area contributed by atoms with Gasteiger partial charge in [-0.3, -0.25) is 4.79 Å². The smallest absolute Gasteiger partial charge is 0.301 e. The van der Waals surface area contributed by atoms with Crippen LogP contribution < -0.4 is 11.2 Å². The standard InChI is InChI=1S/C14H13N3O2S/c1-8-6-13(18)17(14(19)16(8)3)10-4-5-12-11(7-10)9(2)15-20-12/h4-7H,1-3H3. The highest BCUT2D eigenvalue weighted by Gasteiger charge is 2.10. The summed E-state index contributed by atoms with van der Waals surface area (Å²) in [5.41, 5.74) is 1.47. The fraction of sp³-hybridized carbons (Fsp3) is 0.214. The Labute approximate surface area is 118 Å². The Bertz CT molecular complexity index is 934. The molecule has 0 unspecified atom stereocenters. The second-order valence-electron chi connectivity index (χ2n) is 4.75. The minimum atomic E-state index is -0.338. The highest BCUT2D eigenvalue weighted by atomic mass is 32.1. The average Bonchev–Trinajstić information content (AvgIpc) is 2.78. The third kappa shape index (κ3) is 1.80. The Morgan fingerprint density at radius 3 is 2.65 bits per heavy atom. The summed E-state index contributed by atoms with van der Waals surface area (Å²) in [6.07, 6.45) is 0. The van der Waals surface area contributed by atoms with E-state index in [9.17, 15) is 9.59 Å².